The standard InChI is InChI=1S/C17H20FN3O3/c1-4-10(7-8-22-2)17-20-16(21-24-17)13-9-11-14(23-3)6-5-12(18)15(11)19-13/h5-6,9-10,19H,4,7-8H2,1-3H3. The lowest BCUT2D eigenvalue weighted by Crippen LogP contribution is -2.02. The lowest BCUT2D eigenvalue weighted by atomic mass is 10.0. The Morgan fingerprint density at radius 2 is 2.17 bits per heavy atom. The summed E-state index contributed by atoms with van der Waals surface area (Å²) in [7, 11) is 3.21. The van der Waals surface area contributed by atoms with E-state index in [0.29, 0.717) is 40.7 Å². The summed E-state index contributed by atoms with van der Waals surface area (Å²) < 4.78 is 29.8. The SMILES string of the molecule is CCC(CCOC)c1nc(-c2cc3c(OC)ccc(F)c3[nH]2)no1. The molecule has 0 saturated heterocycles. The molecule has 0 fully saturated rings. The minimum Gasteiger partial charge on any atom is -0.496 e. The molecule has 0 aliphatic rings. The number of hydrogen-bond acceptors (Lipinski definition) is 5. The zero-order valence-corrected chi connectivity index (χ0v) is 13.9. The van der Waals surface area contributed by atoms with Crippen LogP contribution < -0.4 is 4.74 Å². The molecule has 0 aliphatic heterocycles. The van der Waals surface area contributed by atoms with E-state index in [1.165, 1.54) is 6.07 Å². The molecule has 0 saturated carbocycles. The Labute approximate surface area is 139 Å². The summed E-state index contributed by atoms with van der Waals surface area (Å²) in [6.45, 7) is 2.69. The van der Waals surface area contributed by atoms with Crippen LogP contribution in [0.25, 0.3) is 22.4 Å². The molecular weight excluding hydrogens is 313 g/mol. The number of hydrogen-bond donors (Lipinski definition) is 1. The van der Waals surface area contributed by atoms with Crippen LogP contribution in [0.15, 0.2) is 22.7 Å². The van der Waals surface area contributed by atoms with Crippen LogP contribution in [0.1, 0.15) is 31.6 Å². The fraction of sp³-hybridized carbons (Fsp3) is 0.412. The van der Waals surface area contributed by atoms with Gasteiger partial charge in [0.2, 0.25) is 11.7 Å². The molecule has 0 radical (unpaired) electrons. The van der Waals surface area contributed by atoms with Crippen molar-refractivity contribution < 1.29 is 18.4 Å². The van der Waals surface area contributed by atoms with Crippen molar-refractivity contribution in [3.05, 3.63) is 29.9 Å². The van der Waals surface area contributed by atoms with E-state index in [2.05, 4.69) is 22.0 Å². The zero-order valence-electron chi connectivity index (χ0n) is 13.9. The highest BCUT2D eigenvalue weighted by atomic mass is 19.1. The molecule has 1 atom stereocenters. The number of aromatic amines is 1. The number of benzene rings is 1. The molecule has 128 valence electrons. The van der Waals surface area contributed by atoms with Crippen molar-refractivity contribution in [3.63, 3.8) is 0 Å². The monoisotopic (exact) mass is 333 g/mol. The maximum Gasteiger partial charge on any atom is 0.230 e. The van der Waals surface area contributed by atoms with E-state index in [-0.39, 0.29) is 11.7 Å². The molecule has 3 aromatic rings. The average Bonchev–Trinajstić information content (AvgIpc) is 3.23. The molecule has 6 nitrogen and oxygen atoms in total. The number of halogens is 1. The van der Waals surface area contributed by atoms with Crippen LogP contribution in [0, 0.1) is 5.82 Å². The smallest absolute Gasteiger partial charge is 0.230 e. The van der Waals surface area contributed by atoms with Crippen molar-refractivity contribution in [2.24, 2.45) is 0 Å². The van der Waals surface area contributed by atoms with Crippen molar-refractivity contribution in [1.29, 1.82) is 0 Å². The number of rotatable bonds is 7. The first kappa shape index (κ1) is 16.4. The molecule has 7 heteroatoms. The summed E-state index contributed by atoms with van der Waals surface area (Å²) in [5.74, 6) is 1.34. The summed E-state index contributed by atoms with van der Waals surface area (Å²) in [5.41, 5.74) is 0.951. The lowest BCUT2D eigenvalue weighted by molar-refractivity contribution is 0.180. The summed E-state index contributed by atoms with van der Waals surface area (Å²) in [4.78, 5) is 7.46. The Hall–Kier alpha value is -2.41. The van der Waals surface area contributed by atoms with Crippen molar-refractivity contribution in [1.82, 2.24) is 15.1 Å². The Balaban J connectivity index is 1.95. The molecule has 1 N–H and O–H groups in total. The van der Waals surface area contributed by atoms with Crippen LogP contribution in [0.2, 0.25) is 0 Å². The van der Waals surface area contributed by atoms with Gasteiger partial charge in [-0.25, -0.2) is 4.39 Å². The predicted molar refractivity (Wildman–Crippen MR) is 87.6 cm³/mol. The molecule has 0 amide bonds. The average molecular weight is 333 g/mol. The van der Waals surface area contributed by atoms with E-state index in [1.54, 1.807) is 26.4 Å². The van der Waals surface area contributed by atoms with Gasteiger partial charge in [-0.2, -0.15) is 4.98 Å². The number of H-pyrrole nitrogens is 1. The predicted octanol–water partition coefficient (Wildman–Crippen LogP) is 3.90. The minimum absolute atomic E-state index is 0.141. The van der Waals surface area contributed by atoms with Gasteiger partial charge in [-0.3, -0.25) is 0 Å². The van der Waals surface area contributed by atoms with E-state index in [9.17, 15) is 4.39 Å². The third-order valence-electron chi connectivity index (χ3n) is 4.12. The number of ether oxygens (including phenoxy) is 2. The Morgan fingerprint density at radius 1 is 1.33 bits per heavy atom. The van der Waals surface area contributed by atoms with Gasteiger partial charge in [-0.1, -0.05) is 12.1 Å². The van der Waals surface area contributed by atoms with Crippen LogP contribution in [0.5, 0.6) is 5.75 Å². The first-order chi connectivity index (χ1) is 11.7. The van der Waals surface area contributed by atoms with Gasteiger partial charge in [0, 0.05) is 25.0 Å². The van der Waals surface area contributed by atoms with Gasteiger partial charge in [0.1, 0.15) is 11.6 Å². The molecule has 1 unspecified atom stereocenters. The summed E-state index contributed by atoms with van der Waals surface area (Å²) >= 11 is 0. The highest BCUT2D eigenvalue weighted by Gasteiger charge is 2.20. The first-order valence-corrected chi connectivity index (χ1v) is 7.86. The zero-order chi connectivity index (χ0) is 17.1. The number of nitrogens with one attached hydrogen (secondary N) is 1. The molecule has 2 aromatic heterocycles. The second-order valence-corrected chi connectivity index (χ2v) is 5.56. The van der Waals surface area contributed by atoms with E-state index in [0.717, 1.165) is 12.8 Å². The highest BCUT2D eigenvalue weighted by molar-refractivity contribution is 5.90. The van der Waals surface area contributed by atoms with Crippen molar-refractivity contribution in [2.75, 3.05) is 20.8 Å². The van der Waals surface area contributed by atoms with Crippen LogP contribution in [-0.2, 0) is 4.74 Å². The molecule has 3 rings (SSSR count). The molecular formula is C17H20FN3O3. The van der Waals surface area contributed by atoms with Crippen LogP contribution in [0.4, 0.5) is 4.39 Å². The van der Waals surface area contributed by atoms with E-state index in [1.807, 2.05) is 0 Å². The summed E-state index contributed by atoms with van der Waals surface area (Å²) in [5, 5.41) is 4.67. The minimum atomic E-state index is -0.354. The fourth-order valence-electron chi connectivity index (χ4n) is 2.73. The van der Waals surface area contributed by atoms with Gasteiger partial charge in [0.05, 0.1) is 18.3 Å². The third kappa shape index (κ3) is 2.99. The molecule has 0 aliphatic carbocycles. The molecule has 0 spiro atoms. The van der Waals surface area contributed by atoms with Crippen molar-refractivity contribution in [3.8, 4) is 17.3 Å². The van der Waals surface area contributed by atoms with Crippen LogP contribution in [-0.4, -0.2) is 36.0 Å². The lowest BCUT2D eigenvalue weighted by Gasteiger charge is -2.08. The van der Waals surface area contributed by atoms with Crippen LogP contribution in [0.3, 0.4) is 0 Å². The Kier molecular flexibility index (Phi) is 4.80. The molecule has 0 bridgehead atoms. The quantitative estimate of drug-likeness (QED) is 0.710. The van der Waals surface area contributed by atoms with Gasteiger partial charge >= 0.3 is 0 Å². The topological polar surface area (TPSA) is 73.2 Å². The number of nitrogens with zero attached hydrogens (tertiary/aromatic N) is 2. The maximum absolute atomic E-state index is 14.0. The third-order valence-corrected chi connectivity index (χ3v) is 4.12. The number of aromatic nitrogens is 3. The Morgan fingerprint density at radius 3 is 2.88 bits per heavy atom. The first-order valence-electron chi connectivity index (χ1n) is 7.86. The largest absolute Gasteiger partial charge is 0.496 e. The maximum atomic E-state index is 14.0. The fourth-order valence-corrected chi connectivity index (χ4v) is 2.73. The molecule has 1 aromatic carbocycles. The van der Waals surface area contributed by atoms with Gasteiger partial charge in [0.15, 0.2) is 0 Å². The van der Waals surface area contributed by atoms with Gasteiger partial charge < -0.3 is 19.0 Å². The highest BCUT2D eigenvalue weighted by Crippen LogP contribution is 2.32. The second kappa shape index (κ2) is 7.00. The second-order valence-electron chi connectivity index (χ2n) is 5.56. The summed E-state index contributed by atoms with van der Waals surface area (Å²) in [6.07, 6.45) is 1.68. The molecule has 2 heterocycles. The Bertz CT molecular complexity index is 828. The van der Waals surface area contributed by atoms with Crippen molar-refractivity contribution in [2.45, 2.75) is 25.7 Å². The normalized spacial score (nSPS) is 12.7. The van der Waals surface area contributed by atoms with E-state index >= 15 is 0 Å². The number of methoxy groups -OCH3 is 2. The van der Waals surface area contributed by atoms with Crippen molar-refractivity contribution >= 4 is 10.9 Å². The van der Waals surface area contributed by atoms with Gasteiger partial charge in [-0.15, -0.1) is 0 Å². The van der Waals surface area contributed by atoms with E-state index in [4.69, 9.17) is 14.0 Å². The van der Waals surface area contributed by atoms with Gasteiger partial charge in [-0.05, 0) is 31.0 Å². The van der Waals surface area contributed by atoms with E-state index < -0.39 is 0 Å². The van der Waals surface area contributed by atoms with Crippen LogP contribution >= 0.6 is 0 Å². The summed E-state index contributed by atoms with van der Waals surface area (Å²) in [6, 6.07) is 4.72. The van der Waals surface area contributed by atoms with Gasteiger partial charge in [0.25, 0.3) is 0 Å². The number of fused-ring (bicyclic) bond motifs is 1. The molecule has 24 heavy (non-hydrogen) atoms.